The van der Waals surface area contributed by atoms with Crippen LogP contribution in [0.2, 0.25) is 0 Å². The largest absolute Gasteiger partial charge is 0.295 e. The molecule has 2 aliphatic rings. The maximum Gasteiger partial charge on any atom is 0.162 e. The highest BCUT2D eigenvalue weighted by Crippen LogP contribution is 2.52. The van der Waals surface area contributed by atoms with Crippen molar-refractivity contribution in [3.63, 3.8) is 0 Å². The summed E-state index contributed by atoms with van der Waals surface area (Å²) in [5.41, 5.74) is 0.263. The number of allylic oxidation sites excluding steroid dienone is 4. The predicted octanol–water partition coefficient (Wildman–Crippen LogP) is 8.07. The van der Waals surface area contributed by atoms with Gasteiger partial charge >= 0.3 is 0 Å². The molecule has 2 nitrogen and oxygen atoms in total. The first-order valence-electron chi connectivity index (χ1n) is 13.3. The summed E-state index contributed by atoms with van der Waals surface area (Å²) in [4.78, 5) is 26.1. The molecule has 0 heterocycles. The van der Waals surface area contributed by atoms with E-state index in [-0.39, 0.29) is 34.2 Å². The van der Waals surface area contributed by atoms with Crippen molar-refractivity contribution in [2.75, 3.05) is 0 Å². The fourth-order valence-electron chi connectivity index (χ4n) is 6.75. The number of ketones is 2. The van der Waals surface area contributed by atoms with Gasteiger partial charge in [0.15, 0.2) is 11.6 Å². The second kappa shape index (κ2) is 10.8. The van der Waals surface area contributed by atoms with Gasteiger partial charge in [-0.3, -0.25) is 9.59 Å². The minimum atomic E-state index is -0.223. The quantitative estimate of drug-likeness (QED) is 0.356. The molecule has 0 bridgehead atoms. The summed E-state index contributed by atoms with van der Waals surface area (Å²) in [5.74, 6) is 3.06. The Morgan fingerprint density at radius 1 is 0.844 bits per heavy atom. The van der Waals surface area contributed by atoms with E-state index in [2.05, 4.69) is 61.5 Å². The average molecular weight is 443 g/mol. The van der Waals surface area contributed by atoms with Crippen molar-refractivity contribution >= 4 is 11.6 Å². The molecule has 32 heavy (non-hydrogen) atoms. The number of hydrogen-bond acceptors (Lipinski definition) is 2. The summed E-state index contributed by atoms with van der Waals surface area (Å²) < 4.78 is 0. The minimum Gasteiger partial charge on any atom is -0.295 e. The molecule has 2 heteroatoms. The zero-order valence-electron chi connectivity index (χ0n) is 22.4. The second-order valence-corrected chi connectivity index (χ2v) is 12.5. The highest BCUT2D eigenvalue weighted by atomic mass is 16.1. The zero-order valence-corrected chi connectivity index (χ0v) is 22.4. The second-order valence-electron chi connectivity index (χ2n) is 12.5. The molecule has 2 saturated carbocycles. The minimum absolute atomic E-state index is 0.0654. The molecule has 0 aliphatic heterocycles. The van der Waals surface area contributed by atoms with Crippen molar-refractivity contribution in [1.29, 1.82) is 0 Å². The molecule has 0 N–H and O–H groups in total. The molecule has 7 unspecified atom stereocenters. The van der Waals surface area contributed by atoms with Crippen LogP contribution in [0.5, 0.6) is 0 Å². The average Bonchev–Trinajstić information content (AvgIpc) is 2.70. The van der Waals surface area contributed by atoms with E-state index in [9.17, 15) is 9.59 Å². The summed E-state index contributed by atoms with van der Waals surface area (Å²) in [6, 6.07) is 0. The van der Waals surface area contributed by atoms with E-state index < -0.39 is 0 Å². The van der Waals surface area contributed by atoms with Crippen LogP contribution in [0.4, 0.5) is 0 Å². The Morgan fingerprint density at radius 3 is 2.00 bits per heavy atom. The molecule has 0 aromatic heterocycles. The molecule has 2 fully saturated rings. The highest BCUT2D eigenvalue weighted by molar-refractivity contribution is 5.95. The lowest BCUT2D eigenvalue weighted by molar-refractivity contribution is -0.122. The molecule has 2 rings (SSSR count). The first-order chi connectivity index (χ1) is 14.8. The van der Waals surface area contributed by atoms with E-state index in [1.165, 1.54) is 19.3 Å². The number of hydrogen-bond donors (Lipinski definition) is 0. The lowest BCUT2D eigenvalue weighted by Crippen LogP contribution is -2.45. The summed E-state index contributed by atoms with van der Waals surface area (Å²) >= 11 is 0. The van der Waals surface area contributed by atoms with Gasteiger partial charge in [0, 0.05) is 12.3 Å². The third kappa shape index (κ3) is 5.84. The van der Waals surface area contributed by atoms with Gasteiger partial charge in [-0.25, -0.2) is 0 Å². The third-order valence-corrected chi connectivity index (χ3v) is 9.76. The number of carbonyl (C=O) groups excluding carboxylic acids is 2. The van der Waals surface area contributed by atoms with Crippen LogP contribution in [0.15, 0.2) is 24.3 Å². The molecular weight excluding hydrogens is 392 g/mol. The zero-order chi connectivity index (χ0) is 24.3. The number of carbonyl (C=O) groups is 2. The van der Waals surface area contributed by atoms with Crippen molar-refractivity contribution < 1.29 is 9.59 Å². The fraction of sp³-hybridized carbons (Fsp3) is 0.800. The maximum absolute atomic E-state index is 13.7. The SMILES string of the molecule is CCCC(=O)C=CC(C(=O)C=CC1C(C)CCC(C)C1(C)C)C1C(C)CCC(C)C1(C)C. The van der Waals surface area contributed by atoms with Crippen LogP contribution in [-0.4, -0.2) is 11.6 Å². The van der Waals surface area contributed by atoms with Gasteiger partial charge in [0.2, 0.25) is 0 Å². The third-order valence-electron chi connectivity index (χ3n) is 9.76. The van der Waals surface area contributed by atoms with Crippen LogP contribution in [0.1, 0.15) is 101 Å². The van der Waals surface area contributed by atoms with E-state index in [1.807, 2.05) is 19.1 Å². The van der Waals surface area contributed by atoms with Gasteiger partial charge in [0.1, 0.15) is 0 Å². The van der Waals surface area contributed by atoms with Crippen molar-refractivity contribution in [1.82, 2.24) is 0 Å². The van der Waals surface area contributed by atoms with Gasteiger partial charge in [0.05, 0.1) is 0 Å². The van der Waals surface area contributed by atoms with E-state index in [0.717, 1.165) is 12.8 Å². The van der Waals surface area contributed by atoms with Gasteiger partial charge < -0.3 is 0 Å². The van der Waals surface area contributed by atoms with Crippen LogP contribution in [0.25, 0.3) is 0 Å². The van der Waals surface area contributed by atoms with Crippen molar-refractivity contribution in [3.8, 4) is 0 Å². The van der Waals surface area contributed by atoms with Crippen molar-refractivity contribution in [2.24, 2.45) is 52.3 Å². The van der Waals surface area contributed by atoms with Crippen LogP contribution in [0, 0.1) is 52.3 Å². The molecule has 0 radical (unpaired) electrons. The fourth-order valence-corrected chi connectivity index (χ4v) is 6.75. The predicted molar refractivity (Wildman–Crippen MR) is 136 cm³/mol. The van der Waals surface area contributed by atoms with E-state index in [1.54, 1.807) is 6.08 Å². The highest BCUT2D eigenvalue weighted by Gasteiger charge is 2.46. The standard InChI is InChI=1S/C30H50O2/c1-10-11-24(31)16-17-25(28-21(3)13-15-23(5)30(28,8)9)27(32)19-18-26-20(2)12-14-22(4)29(26,6)7/h16-23,25-26,28H,10-15H2,1-9H3. The topological polar surface area (TPSA) is 34.1 Å². The Morgan fingerprint density at radius 2 is 1.41 bits per heavy atom. The molecular formula is C30H50O2. The monoisotopic (exact) mass is 442 g/mol. The summed E-state index contributed by atoms with van der Waals surface area (Å²) in [7, 11) is 0. The smallest absolute Gasteiger partial charge is 0.162 e. The Balaban J connectivity index is 2.37. The first-order valence-corrected chi connectivity index (χ1v) is 13.3. The molecule has 182 valence electrons. The van der Waals surface area contributed by atoms with Crippen molar-refractivity contribution in [2.45, 2.75) is 101 Å². The molecule has 0 spiro atoms. The Labute approximate surface area is 198 Å². The molecule has 7 atom stereocenters. The molecule has 2 aliphatic carbocycles. The van der Waals surface area contributed by atoms with Crippen LogP contribution >= 0.6 is 0 Å². The lowest BCUT2D eigenvalue weighted by atomic mass is 9.54. The van der Waals surface area contributed by atoms with Crippen LogP contribution < -0.4 is 0 Å². The van der Waals surface area contributed by atoms with Gasteiger partial charge in [-0.15, -0.1) is 0 Å². The van der Waals surface area contributed by atoms with E-state index in [0.29, 0.717) is 36.0 Å². The van der Waals surface area contributed by atoms with Crippen LogP contribution in [-0.2, 0) is 9.59 Å². The normalized spacial score (nSPS) is 35.8. The van der Waals surface area contributed by atoms with Crippen molar-refractivity contribution in [3.05, 3.63) is 24.3 Å². The van der Waals surface area contributed by atoms with Gasteiger partial charge in [0.25, 0.3) is 0 Å². The number of rotatable bonds is 8. The van der Waals surface area contributed by atoms with Gasteiger partial charge in [-0.1, -0.05) is 80.9 Å². The van der Waals surface area contributed by atoms with Gasteiger partial charge in [-0.2, -0.15) is 0 Å². The summed E-state index contributed by atoms with van der Waals surface area (Å²) in [6.45, 7) is 20.7. The molecule has 0 aromatic carbocycles. The molecule has 0 amide bonds. The summed E-state index contributed by atoms with van der Waals surface area (Å²) in [6.07, 6.45) is 14.0. The Bertz CT molecular complexity index is 710. The van der Waals surface area contributed by atoms with Gasteiger partial charge in [-0.05, 0) is 84.2 Å². The maximum atomic E-state index is 13.7. The lowest BCUT2D eigenvalue weighted by Gasteiger charge is -2.50. The Hall–Kier alpha value is -1.18. The van der Waals surface area contributed by atoms with Crippen LogP contribution in [0.3, 0.4) is 0 Å². The van der Waals surface area contributed by atoms with E-state index >= 15 is 0 Å². The van der Waals surface area contributed by atoms with E-state index in [4.69, 9.17) is 0 Å². The molecule has 0 saturated heterocycles. The summed E-state index contributed by atoms with van der Waals surface area (Å²) in [5, 5.41) is 0. The Kier molecular flexibility index (Phi) is 9.16. The first kappa shape index (κ1) is 27.1. The molecule has 0 aromatic rings.